The third-order valence-electron chi connectivity index (χ3n) is 3.09. The number of amides is 1. The predicted octanol–water partition coefficient (Wildman–Crippen LogP) is 3.78. The summed E-state index contributed by atoms with van der Waals surface area (Å²) >= 11 is 3.34. The highest BCUT2D eigenvalue weighted by Gasteiger charge is 2.10. The molecule has 0 aromatic heterocycles. The minimum absolute atomic E-state index is 0.0230. The van der Waals surface area contributed by atoms with Gasteiger partial charge < -0.3 is 10.1 Å². The van der Waals surface area contributed by atoms with Crippen molar-refractivity contribution in [3.05, 3.63) is 69.7 Å². The Morgan fingerprint density at radius 3 is 2.50 bits per heavy atom. The fourth-order valence-corrected chi connectivity index (χ4v) is 2.33. The van der Waals surface area contributed by atoms with Crippen molar-refractivity contribution in [2.24, 2.45) is 0 Å². The van der Waals surface area contributed by atoms with E-state index in [2.05, 4.69) is 26.0 Å². The number of esters is 1. The van der Waals surface area contributed by atoms with E-state index in [1.165, 1.54) is 25.3 Å². The zero-order valence-corrected chi connectivity index (χ0v) is 14.3. The number of rotatable bonds is 4. The number of nitriles is 1. The zero-order valence-electron chi connectivity index (χ0n) is 12.7. The SMILES string of the molecule is COC(=O)c1ccc(NC(=O)/C(C#N)=C/c2cccc(Br)c2)cc1. The Kier molecular flexibility index (Phi) is 5.88. The molecule has 6 heteroatoms. The van der Waals surface area contributed by atoms with Crippen LogP contribution in [0.5, 0.6) is 0 Å². The maximum Gasteiger partial charge on any atom is 0.337 e. The van der Waals surface area contributed by atoms with Crippen molar-refractivity contribution >= 4 is 39.6 Å². The molecule has 0 aliphatic carbocycles. The van der Waals surface area contributed by atoms with Gasteiger partial charge in [-0.3, -0.25) is 4.79 Å². The van der Waals surface area contributed by atoms with E-state index >= 15 is 0 Å². The van der Waals surface area contributed by atoms with Crippen molar-refractivity contribution in [3.63, 3.8) is 0 Å². The first kappa shape index (κ1) is 17.4. The predicted molar refractivity (Wildman–Crippen MR) is 94.1 cm³/mol. The van der Waals surface area contributed by atoms with Gasteiger partial charge in [0.05, 0.1) is 12.7 Å². The lowest BCUT2D eigenvalue weighted by molar-refractivity contribution is -0.112. The highest BCUT2D eigenvalue weighted by atomic mass is 79.9. The van der Waals surface area contributed by atoms with E-state index in [-0.39, 0.29) is 5.57 Å². The van der Waals surface area contributed by atoms with Crippen molar-refractivity contribution in [3.8, 4) is 6.07 Å². The molecular formula is C18H13BrN2O3. The fraction of sp³-hybridized carbons (Fsp3) is 0.0556. The van der Waals surface area contributed by atoms with Gasteiger partial charge in [0, 0.05) is 10.2 Å². The monoisotopic (exact) mass is 384 g/mol. The molecular weight excluding hydrogens is 372 g/mol. The molecule has 0 aliphatic heterocycles. The lowest BCUT2D eigenvalue weighted by Gasteiger charge is -2.05. The first-order chi connectivity index (χ1) is 11.5. The summed E-state index contributed by atoms with van der Waals surface area (Å²) in [7, 11) is 1.30. The minimum Gasteiger partial charge on any atom is -0.465 e. The number of halogens is 1. The summed E-state index contributed by atoms with van der Waals surface area (Å²) in [5.74, 6) is -0.983. The molecule has 2 aromatic rings. The van der Waals surface area contributed by atoms with Crippen molar-refractivity contribution in [2.75, 3.05) is 12.4 Å². The molecule has 0 aliphatic rings. The molecule has 2 rings (SSSR count). The quantitative estimate of drug-likeness (QED) is 0.494. The highest BCUT2D eigenvalue weighted by Crippen LogP contribution is 2.16. The van der Waals surface area contributed by atoms with Crippen molar-refractivity contribution < 1.29 is 14.3 Å². The van der Waals surface area contributed by atoms with E-state index in [1.807, 2.05) is 18.2 Å². The highest BCUT2D eigenvalue weighted by molar-refractivity contribution is 9.10. The fourth-order valence-electron chi connectivity index (χ4n) is 1.92. The number of carbonyl (C=O) groups excluding carboxylic acids is 2. The molecule has 5 nitrogen and oxygen atoms in total. The van der Waals surface area contributed by atoms with Crippen molar-refractivity contribution in [1.29, 1.82) is 5.26 Å². The molecule has 2 aromatic carbocycles. The average Bonchev–Trinajstić information content (AvgIpc) is 2.59. The van der Waals surface area contributed by atoms with Crippen molar-refractivity contribution in [1.82, 2.24) is 0 Å². The number of nitrogens with zero attached hydrogens (tertiary/aromatic N) is 1. The number of ether oxygens (including phenoxy) is 1. The number of hydrogen-bond donors (Lipinski definition) is 1. The van der Waals surface area contributed by atoms with Crippen LogP contribution < -0.4 is 5.32 Å². The first-order valence-corrected chi connectivity index (χ1v) is 7.70. The Hall–Kier alpha value is -2.91. The van der Waals surface area contributed by atoms with Gasteiger partial charge in [0.2, 0.25) is 0 Å². The van der Waals surface area contributed by atoms with E-state index < -0.39 is 11.9 Å². The number of benzene rings is 2. The maximum absolute atomic E-state index is 12.2. The number of anilines is 1. The molecule has 0 saturated carbocycles. The summed E-state index contributed by atoms with van der Waals surface area (Å²) in [5.41, 5.74) is 1.56. The van der Waals surface area contributed by atoms with Crippen LogP contribution in [-0.4, -0.2) is 19.0 Å². The van der Waals surface area contributed by atoms with Gasteiger partial charge in [-0.15, -0.1) is 0 Å². The lowest BCUT2D eigenvalue weighted by atomic mass is 10.1. The van der Waals surface area contributed by atoms with Gasteiger partial charge in [0.25, 0.3) is 5.91 Å². The minimum atomic E-state index is -0.525. The second-order valence-electron chi connectivity index (χ2n) is 4.75. The number of methoxy groups -OCH3 is 1. The van der Waals surface area contributed by atoms with Gasteiger partial charge in [0.15, 0.2) is 0 Å². The molecule has 0 radical (unpaired) electrons. The van der Waals surface area contributed by atoms with Crippen LogP contribution in [0.2, 0.25) is 0 Å². The topological polar surface area (TPSA) is 79.2 Å². The van der Waals surface area contributed by atoms with Crippen LogP contribution in [0, 0.1) is 11.3 Å². The third-order valence-corrected chi connectivity index (χ3v) is 3.58. The second kappa shape index (κ2) is 8.09. The van der Waals surface area contributed by atoms with E-state index in [0.29, 0.717) is 11.3 Å². The smallest absolute Gasteiger partial charge is 0.337 e. The Labute approximate surface area is 147 Å². The van der Waals surface area contributed by atoms with Gasteiger partial charge >= 0.3 is 5.97 Å². The standard InChI is InChI=1S/C18H13BrN2O3/c1-24-18(23)13-5-7-16(8-6-13)21-17(22)14(11-20)9-12-3-2-4-15(19)10-12/h2-10H,1H3,(H,21,22)/b14-9+. The van der Waals surface area contributed by atoms with Crippen LogP contribution in [0.3, 0.4) is 0 Å². The molecule has 0 fully saturated rings. The molecule has 0 atom stereocenters. The van der Waals surface area contributed by atoms with Gasteiger partial charge in [-0.25, -0.2) is 4.79 Å². The van der Waals surface area contributed by atoms with Gasteiger partial charge in [0.1, 0.15) is 11.6 Å². The Morgan fingerprint density at radius 2 is 1.92 bits per heavy atom. The maximum atomic E-state index is 12.2. The zero-order chi connectivity index (χ0) is 17.5. The number of carbonyl (C=O) groups is 2. The van der Waals surface area contributed by atoms with E-state index in [4.69, 9.17) is 0 Å². The Balaban J connectivity index is 2.15. The summed E-state index contributed by atoms with van der Waals surface area (Å²) in [5, 5.41) is 11.8. The molecule has 0 bridgehead atoms. The molecule has 1 N–H and O–H groups in total. The third kappa shape index (κ3) is 4.54. The van der Waals surface area contributed by atoms with Crippen LogP contribution in [0.25, 0.3) is 6.08 Å². The molecule has 0 saturated heterocycles. The van der Waals surface area contributed by atoms with Crippen LogP contribution >= 0.6 is 15.9 Å². The van der Waals surface area contributed by atoms with Gasteiger partial charge in [-0.2, -0.15) is 5.26 Å². The summed E-state index contributed by atoms with van der Waals surface area (Å²) in [6, 6.07) is 15.4. The molecule has 1 amide bonds. The summed E-state index contributed by atoms with van der Waals surface area (Å²) < 4.78 is 5.46. The molecule has 0 unspecified atom stereocenters. The largest absolute Gasteiger partial charge is 0.465 e. The summed E-state index contributed by atoms with van der Waals surface area (Å²) in [4.78, 5) is 23.6. The lowest BCUT2D eigenvalue weighted by Crippen LogP contribution is -2.13. The molecule has 120 valence electrons. The van der Waals surface area contributed by atoms with Crippen LogP contribution in [0.4, 0.5) is 5.69 Å². The first-order valence-electron chi connectivity index (χ1n) is 6.90. The van der Waals surface area contributed by atoms with E-state index in [9.17, 15) is 14.9 Å². The van der Waals surface area contributed by atoms with E-state index in [1.54, 1.807) is 24.3 Å². The molecule has 0 heterocycles. The number of nitrogens with one attached hydrogen (secondary N) is 1. The molecule has 24 heavy (non-hydrogen) atoms. The van der Waals surface area contributed by atoms with Gasteiger partial charge in [-0.05, 0) is 48.0 Å². The average molecular weight is 385 g/mol. The van der Waals surface area contributed by atoms with Gasteiger partial charge in [-0.1, -0.05) is 28.1 Å². The second-order valence-corrected chi connectivity index (χ2v) is 5.66. The van der Waals surface area contributed by atoms with Crippen molar-refractivity contribution in [2.45, 2.75) is 0 Å². The molecule has 0 spiro atoms. The van der Waals surface area contributed by atoms with Crippen LogP contribution in [-0.2, 0) is 9.53 Å². The van der Waals surface area contributed by atoms with Crippen LogP contribution in [0.1, 0.15) is 15.9 Å². The normalized spacial score (nSPS) is 10.6. The Morgan fingerprint density at radius 1 is 1.21 bits per heavy atom. The summed E-state index contributed by atoms with van der Waals surface area (Å²) in [6.07, 6.45) is 1.50. The summed E-state index contributed by atoms with van der Waals surface area (Å²) in [6.45, 7) is 0. The Bertz CT molecular complexity index is 836. The number of hydrogen-bond acceptors (Lipinski definition) is 4. The van der Waals surface area contributed by atoms with E-state index in [0.717, 1.165) is 10.0 Å². The van der Waals surface area contributed by atoms with Crippen LogP contribution in [0.15, 0.2) is 58.6 Å².